The van der Waals surface area contributed by atoms with Gasteiger partial charge in [0.2, 0.25) is 0 Å². The second-order valence-electron chi connectivity index (χ2n) is 7.68. The average Bonchev–Trinajstić information content (AvgIpc) is 3.17. The van der Waals surface area contributed by atoms with E-state index in [0.717, 1.165) is 38.1 Å². The highest BCUT2D eigenvalue weighted by Crippen LogP contribution is 2.17. The van der Waals surface area contributed by atoms with Gasteiger partial charge in [-0.25, -0.2) is 0 Å². The Morgan fingerprint density at radius 2 is 1.96 bits per heavy atom. The Kier molecular flexibility index (Phi) is 7.32. The summed E-state index contributed by atoms with van der Waals surface area (Å²) in [5.41, 5.74) is 2.67. The van der Waals surface area contributed by atoms with E-state index in [9.17, 15) is 0 Å². The van der Waals surface area contributed by atoms with Crippen LogP contribution in [0.5, 0.6) is 0 Å². The van der Waals surface area contributed by atoms with E-state index in [2.05, 4.69) is 51.7 Å². The third-order valence-electron chi connectivity index (χ3n) is 5.52. The largest absolute Gasteiger partial charge is 0.381 e. The molecule has 26 heavy (non-hydrogen) atoms. The Labute approximate surface area is 158 Å². The van der Waals surface area contributed by atoms with Crippen molar-refractivity contribution in [1.82, 2.24) is 15.5 Å². The molecule has 5 heteroatoms. The molecular formula is C21H34N4O. The maximum absolute atomic E-state index is 5.50. The summed E-state index contributed by atoms with van der Waals surface area (Å²) < 4.78 is 5.50. The molecule has 0 saturated carbocycles. The van der Waals surface area contributed by atoms with E-state index in [1.54, 1.807) is 0 Å². The molecule has 144 valence electrons. The molecule has 0 spiro atoms. The Morgan fingerprint density at radius 1 is 1.19 bits per heavy atom. The number of likely N-dealkylation sites (tertiary alicyclic amines) is 1. The lowest BCUT2D eigenvalue weighted by atomic mass is 10.0. The van der Waals surface area contributed by atoms with Crippen LogP contribution in [0.4, 0.5) is 0 Å². The van der Waals surface area contributed by atoms with Gasteiger partial charge in [-0.1, -0.05) is 29.8 Å². The molecule has 1 aromatic carbocycles. The summed E-state index contributed by atoms with van der Waals surface area (Å²) in [6.45, 7) is 8.49. The lowest BCUT2D eigenvalue weighted by Gasteiger charge is -2.34. The number of hydrogen-bond acceptors (Lipinski definition) is 3. The van der Waals surface area contributed by atoms with Gasteiger partial charge in [0.1, 0.15) is 0 Å². The molecule has 2 heterocycles. The van der Waals surface area contributed by atoms with Gasteiger partial charge in [-0.15, -0.1) is 0 Å². The van der Waals surface area contributed by atoms with Crippen molar-refractivity contribution in [2.75, 3.05) is 46.4 Å². The van der Waals surface area contributed by atoms with Crippen LogP contribution in [-0.4, -0.2) is 63.3 Å². The van der Waals surface area contributed by atoms with Gasteiger partial charge in [-0.3, -0.25) is 4.99 Å². The molecule has 2 aliphatic rings. The zero-order chi connectivity index (χ0) is 18.2. The lowest BCUT2D eigenvalue weighted by Crippen LogP contribution is -2.49. The fourth-order valence-electron chi connectivity index (χ4n) is 3.82. The summed E-state index contributed by atoms with van der Waals surface area (Å²) in [6, 6.07) is 9.29. The Balaban J connectivity index is 1.34. The number of nitrogens with zero attached hydrogens (tertiary/aromatic N) is 2. The molecule has 0 aliphatic carbocycles. The maximum atomic E-state index is 5.50. The van der Waals surface area contributed by atoms with Crippen LogP contribution in [0.2, 0.25) is 0 Å². The minimum absolute atomic E-state index is 0.525. The average molecular weight is 359 g/mol. The fourth-order valence-corrected chi connectivity index (χ4v) is 3.82. The van der Waals surface area contributed by atoms with Crippen LogP contribution in [0.25, 0.3) is 0 Å². The van der Waals surface area contributed by atoms with E-state index in [1.165, 1.54) is 50.0 Å². The van der Waals surface area contributed by atoms with Crippen LogP contribution in [0.1, 0.15) is 30.4 Å². The quantitative estimate of drug-likeness (QED) is 0.605. The first kappa shape index (κ1) is 19.2. The second-order valence-corrected chi connectivity index (χ2v) is 7.68. The first-order valence-corrected chi connectivity index (χ1v) is 10.1. The number of guanidine groups is 1. The van der Waals surface area contributed by atoms with E-state index in [-0.39, 0.29) is 0 Å². The summed E-state index contributed by atoms with van der Waals surface area (Å²) in [5.74, 6) is 1.68. The van der Waals surface area contributed by atoms with Crippen molar-refractivity contribution in [2.45, 2.75) is 38.6 Å². The highest BCUT2D eigenvalue weighted by atomic mass is 16.5. The number of piperidine rings is 1. The van der Waals surface area contributed by atoms with Crippen LogP contribution in [-0.2, 0) is 11.2 Å². The molecule has 5 nitrogen and oxygen atoms in total. The van der Waals surface area contributed by atoms with Crippen LogP contribution in [0, 0.1) is 12.8 Å². The number of aryl methyl sites for hydroxylation is 1. The molecule has 0 bridgehead atoms. The number of rotatable bonds is 6. The van der Waals surface area contributed by atoms with Crippen LogP contribution in [0.3, 0.4) is 0 Å². The summed E-state index contributed by atoms with van der Waals surface area (Å²) in [7, 11) is 1.86. The van der Waals surface area contributed by atoms with E-state index >= 15 is 0 Å². The first-order valence-electron chi connectivity index (χ1n) is 10.1. The molecule has 0 radical (unpaired) electrons. The summed E-state index contributed by atoms with van der Waals surface area (Å²) in [5, 5.41) is 7.06. The molecule has 0 aromatic heterocycles. The van der Waals surface area contributed by atoms with Gasteiger partial charge in [0.25, 0.3) is 0 Å². The van der Waals surface area contributed by atoms with Crippen molar-refractivity contribution in [3.8, 4) is 0 Å². The molecule has 2 aliphatic heterocycles. The topological polar surface area (TPSA) is 48.9 Å². The molecule has 2 N–H and O–H groups in total. The van der Waals surface area contributed by atoms with Crippen LogP contribution >= 0.6 is 0 Å². The van der Waals surface area contributed by atoms with Gasteiger partial charge in [0.15, 0.2) is 5.96 Å². The third-order valence-corrected chi connectivity index (χ3v) is 5.52. The Bertz CT molecular complexity index is 558. The van der Waals surface area contributed by atoms with E-state index in [1.807, 2.05) is 7.05 Å². The molecule has 3 rings (SSSR count). The van der Waals surface area contributed by atoms with Gasteiger partial charge in [-0.05, 0) is 44.1 Å². The highest BCUT2D eigenvalue weighted by Gasteiger charge is 2.24. The number of nitrogens with one attached hydrogen (secondary N) is 2. The summed E-state index contributed by atoms with van der Waals surface area (Å²) in [6.07, 6.45) is 4.62. The normalized spacial score (nSPS) is 22.5. The van der Waals surface area contributed by atoms with Gasteiger partial charge in [-0.2, -0.15) is 0 Å². The molecule has 2 saturated heterocycles. The van der Waals surface area contributed by atoms with Crippen LogP contribution < -0.4 is 10.6 Å². The van der Waals surface area contributed by atoms with Crippen molar-refractivity contribution in [3.63, 3.8) is 0 Å². The van der Waals surface area contributed by atoms with Gasteiger partial charge < -0.3 is 20.3 Å². The minimum atomic E-state index is 0.525. The smallest absolute Gasteiger partial charge is 0.191 e. The molecule has 1 unspecified atom stereocenters. The fraction of sp³-hybridized carbons (Fsp3) is 0.667. The van der Waals surface area contributed by atoms with E-state index in [0.29, 0.717) is 6.04 Å². The highest BCUT2D eigenvalue weighted by molar-refractivity contribution is 5.79. The molecule has 1 aromatic rings. The van der Waals surface area contributed by atoms with Crippen molar-refractivity contribution in [1.29, 1.82) is 0 Å². The molecule has 2 fully saturated rings. The zero-order valence-electron chi connectivity index (χ0n) is 16.3. The van der Waals surface area contributed by atoms with Crippen molar-refractivity contribution >= 4 is 5.96 Å². The zero-order valence-corrected chi connectivity index (χ0v) is 16.3. The number of aliphatic imine (C=N–C) groups is 1. The number of ether oxygens (including phenoxy) is 1. The number of benzene rings is 1. The standard InChI is InChI=1S/C21H34N4O/c1-17-3-5-18(6-4-17)7-11-23-21(22-2)24-20-8-12-25(13-9-20)15-19-10-14-26-16-19/h3-6,19-20H,7-16H2,1-2H3,(H2,22,23,24). The van der Waals surface area contributed by atoms with E-state index < -0.39 is 0 Å². The second kappa shape index (κ2) is 9.93. The Morgan fingerprint density at radius 3 is 2.62 bits per heavy atom. The Hall–Kier alpha value is -1.59. The SMILES string of the molecule is CN=C(NCCc1ccc(C)cc1)NC1CCN(CC2CCOC2)CC1. The predicted octanol–water partition coefficient (Wildman–Crippen LogP) is 2.20. The van der Waals surface area contributed by atoms with Gasteiger partial charge in [0.05, 0.1) is 6.61 Å². The third kappa shape index (κ3) is 5.99. The van der Waals surface area contributed by atoms with Crippen molar-refractivity contribution in [2.24, 2.45) is 10.9 Å². The predicted molar refractivity (Wildman–Crippen MR) is 108 cm³/mol. The monoisotopic (exact) mass is 358 g/mol. The first-order chi connectivity index (χ1) is 12.7. The van der Waals surface area contributed by atoms with Crippen LogP contribution in [0.15, 0.2) is 29.3 Å². The minimum Gasteiger partial charge on any atom is -0.381 e. The van der Waals surface area contributed by atoms with Crippen molar-refractivity contribution < 1.29 is 4.74 Å². The van der Waals surface area contributed by atoms with Crippen molar-refractivity contribution in [3.05, 3.63) is 35.4 Å². The summed E-state index contributed by atoms with van der Waals surface area (Å²) in [4.78, 5) is 7.00. The molecule has 0 amide bonds. The molecular weight excluding hydrogens is 324 g/mol. The van der Waals surface area contributed by atoms with Gasteiger partial charge >= 0.3 is 0 Å². The van der Waals surface area contributed by atoms with Gasteiger partial charge in [0, 0.05) is 45.9 Å². The summed E-state index contributed by atoms with van der Waals surface area (Å²) >= 11 is 0. The molecule has 1 atom stereocenters. The van der Waals surface area contributed by atoms with E-state index in [4.69, 9.17) is 4.74 Å². The maximum Gasteiger partial charge on any atom is 0.191 e. The number of hydrogen-bond donors (Lipinski definition) is 2. The lowest BCUT2D eigenvalue weighted by molar-refractivity contribution is 0.150.